The third-order valence-corrected chi connectivity index (χ3v) is 5.29. The van der Waals surface area contributed by atoms with Gasteiger partial charge in [0.25, 0.3) is 5.91 Å². The van der Waals surface area contributed by atoms with E-state index in [4.69, 9.17) is 9.47 Å². The Bertz CT molecular complexity index is 1020. The molecule has 1 aromatic heterocycles. The first kappa shape index (κ1) is 22.3. The first-order valence-electron chi connectivity index (χ1n) is 10.0. The van der Waals surface area contributed by atoms with E-state index in [-0.39, 0.29) is 18.9 Å². The molecule has 0 aliphatic heterocycles. The molecule has 3 rings (SSSR count). The average Bonchev–Trinajstić information content (AvgIpc) is 3.25. The summed E-state index contributed by atoms with van der Waals surface area (Å²) in [4.78, 5) is 28.6. The molecule has 0 unspecified atom stereocenters. The van der Waals surface area contributed by atoms with Gasteiger partial charge in [-0.2, -0.15) is 0 Å². The number of ether oxygens (including phenoxy) is 2. The van der Waals surface area contributed by atoms with Gasteiger partial charge in [0.05, 0.1) is 18.7 Å². The monoisotopic (exact) mass is 439 g/mol. The molecule has 0 atom stereocenters. The number of rotatable bonds is 9. The van der Waals surface area contributed by atoms with E-state index in [2.05, 4.69) is 34.9 Å². The van der Waals surface area contributed by atoms with Crippen LogP contribution in [0.5, 0.6) is 11.5 Å². The van der Waals surface area contributed by atoms with Crippen molar-refractivity contribution in [3.8, 4) is 22.1 Å². The highest BCUT2D eigenvalue weighted by atomic mass is 32.1. The van der Waals surface area contributed by atoms with Crippen LogP contribution in [-0.2, 0) is 22.4 Å². The number of thiazole rings is 1. The molecule has 8 heteroatoms. The maximum atomic E-state index is 12.1. The molecule has 162 valence electrons. The average molecular weight is 440 g/mol. The van der Waals surface area contributed by atoms with E-state index in [9.17, 15) is 9.59 Å². The highest BCUT2D eigenvalue weighted by molar-refractivity contribution is 7.13. The molecule has 2 aromatic carbocycles. The van der Waals surface area contributed by atoms with E-state index in [1.165, 1.54) is 16.9 Å². The first-order chi connectivity index (χ1) is 15.1. The fourth-order valence-electron chi connectivity index (χ4n) is 2.78. The molecule has 1 heterocycles. The zero-order valence-corrected chi connectivity index (χ0v) is 18.3. The molecule has 7 nitrogen and oxygen atoms in total. The summed E-state index contributed by atoms with van der Waals surface area (Å²) in [6.07, 6.45) is 1.05. The van der Waals surface area contributed by atoms with Crippen LogP contribution in [0.15, 0.2) is 53.9 Å². The lowest BCUT2D eigenvalue weighted by Crippen LogP contribution is -2.44. The molecule has 0 saturated carbocycles. The zero-order valence-electron chi connectivity index (χ0n) is 17.5. The Morgan fingerprint density at radius 2 is 1.61 bits per heavy atom. The number of aromatic nitrogens is 1. The molecular weight excluding hydrogens is 414 g/mol. The van der Waals surface area contributed by atoms with Gasteiger partial charge >= 0.3 is 0 Å². The van der Waals surface area contributed by atoms with Crippen molar-refractivity contribution in [1.29, 1.82) is 0 Å². The Morgan fingerprint density at radius 3 is 2.29 bits per heavy atom. The van der Waals surface area contributed by atoms with Crippen molar-refractivity contribution < 1.29 is 19.1 Å². The zero-order chi connectivity index (χ0) is 22.1. The molecule has 31 heavy (non-hydrogen) atoms. The van der Waals surface area contributed by atoms with Crippen LogP contribution in [0, 0.1) is 0 Å². The number of hydrogen-bond acceptors (Lipinski definition) is 6. The number of nitrogens with one attached hydrogen (secondary N) is 2. The van der Waals surface area contributed by atoms with Gasteiger partial charge in [-0.05, 0) is 31.0 Å². The van der Waals surface area contributed by atoms with E-state index in [1.54, 1.807) is 18.2 Å². The number of hydrazine groups is 1. The fraction of sp³-hybridized carbons (Fsp3) is 0.261. The number of benzene rings is 2. The van der Waals surface area contributed by atoms with Crippen molar-refractivity contribution in [2.45, 2.75) is 26.7 Å². The predicted octanol–water partition coefficient (Wildman–Crippen LogP) is 3.54. The summed E-state index contributed by atoms with van der Waals surface area (Å²) >= 11 is 1.48. The number of aryl methyl sites for hydroxylation is 1. The largest absolute Gasteiger partial charge is 0.490 e. The van der Waals surface area contributed by atoms with Gasteiger partial charge in [-0.15, -0.1) is 11.3 Å². The smallest absolute Gasteiger partial charge is 0.276 e. The minimum Gasteiger partial charge on any atom is -0.490 e. The Hall–Kier alpha value is -3.39. The standard InChI is InChI=1S/C23H25N3O4S/c1-3-16-9-11-17(12-10-16)23-24-18(15-31-23)13-21(27)25-26-22(28)14-30-20-8-6-5-7-19(20)29-4-2/h5-12,15H,3-4,13-14H2,1-2H3,(H,25,27)(H,26,28). The Balaban J connectivity index is 1.45. The summed E-state index contributed by atoms with van der Waals surface area (Å²) in [5.41, 5.74) is 7.66. The third-order valence-electron chi connectivity index (χ3n) is 4.35. The van der Waals surface area contributed by atoms with Gasteiger partial charge in [-0.3, -0.25) is 20.4 Å². The van der Waals surface area contributed by atoms with Crippen LogP contribution in [0.25, 0.3) is 10.6 Å². The Labute approximate surface area is 185 Å². The van der Waals surface area contributed by atoms with Crippen LogP contribution < -0.4 is 20.3 Å². The number of para-hydroxylation sites is 2. The van der Waals surface area contributed by atoms with E-state index >= 15 is 0 Å². The SMILES string of the molecule is CCOc1ccccc1OCC(=O)NNC(=O)Cc1csc(-c2ccc(CC)cc2)n1. The summed E-state index contributed by atoms with van der Waals surface area (Å²) in [5, 5.41) is 2.70. The highest BCUT2D eigenvalue weighted by Gasteiger charge is 2.11. The summed E-state index contributed by atoms with van der Waals surface area (Å²) in [6.45, 7) is 4.22. The maximum Gasteiger partial charge on any atom is 0.276 e. The second-order valence-electron chi connectivity index (χ2n) is 6.64. The molecule has 0 aliphatic carbocycles. The summed E-state index contributed by atoms with van der Waals surface area (Å²) < 4.78 is 10.9. The van der Waals surface area contributed by atoms with Crippen LogP contribution in [0.1, 0.15) is 25.1 Å². The molecule has 0 aliphatic rings. The first-order valence-corrected chi connectivity index (χ1v) is 10.9. The highest BCUT2D eigenvalue weighted by Crippen LogP contribution is 2.26. The fourth-order valence-corrected chi connectivity index (χ4v) is 3.60. The minimum atomic E-state index is -0.477. The summed E-state index contributed by atoms with van der Waals surface area (Å²) in [5.74, 6) is 0.189. The second-order valence-corrected chi connectivity index (χ2v) is 7.49. The van der Waals surface area contributed by atoms with Crippen molar-refractivity contribution in [2.75, 3.05) is 13.2 Å². The lowest BCUT2D eigenvalue weighted by Gasteiger charge is -2.11. The molecule has 0 saturated heterocycles. The number of carbonyl (C=O) groups is 2. The minimum absolute atomic E-state index is 0.0673. The Kier molecular flexibility index (Phi) is 8.00. The van der Waals surface area contributed by atoms with Gasteiger partial charge in [-0.1, -0.05) is 43.3 Å². The summed E-state index contributed by atoms with van der Waals surface area (Å²) in [6, 6.07) is 15.3. The molecule has 3 aromatic rings. The van der Waals surface area contributed by atoms with E-state index in [0.717, 1.165) is 17.0 Å². The van der Waals surface area contributed by atoms with Crippen molar-refractivity contribution in [3.63, 3.8) is 0 Å². The molecule has 0 spiro atoms. The van der Waals surface area contributed by atoms with E-state index < -0.39 is 5.91 Å². The Morgan fingerprint density at radius 1 is 0.935 bits per heavy atom. The van der Waals surface area contributed by atoms with Gasteiger partial charge in [0.1, 0.15) is 5.01 Å². The van der Waals surface area contributed by atoms with Crippen molar-refractivity contribution >= 4 is 23.2 Å². The predicted molar refractivity (Wildman–Crippen MR) is 120 cm³/mol. The van der Waals surface area contributed by atoms with Gasteiger partial charge in [0.2, 0.25) is 5.91 Å². The van der Waals surface area contributed by atoms with E-state index in [0.29, 0.717) is 23.8 Å². The second kappa shape index (κ2) is 11.1. The quantitative estimate of drug-likeness (QED) is 0.498. The molecule has 0 radical (unpaired) electrons. The van der Waals surface area contributed by atoms with Crippen LogP contribution in [0.2, 0.25) is 0 Å². The normalized spacial score (nSPS) is 10.4. The molecule has 2 N–H and O–H groups in total. The summed E-state index contributed by atoms with van der Waals surface area (Å²) in [7, 11) is 0. The van der Waals surface area contributed by atoms with Crippen LogP contribution in [0.4, 0.5) is 0 Å². The van der Waals surface area contributed by atoms with Crippen molar-refractivity contribution in [3.05, 3.63) is 65.2 Å². The van der Waals surface area contributed by atoms with Crippen LogP contribution in [0.3, 0.4) is 0 Å². The molecular formula is C23H25N3O4S. The number of nitrogens with zero attached hydrogens (tertiary/aromatic N) is 1. The van der Waals surface area contributed by atoms with Crippen LogP contribution >= 0.6 is 11.3 Å². The van der Waals surface area contributed by atoms with Gasteiger partial charge in [-0.25, -0.2) is 4.98 Å². The lowest BCUT2D eigenvalue weighted by atomic mass is 10.1. The van der Waals surface area contributed by atoms with Gasteiger partial charge < -0.3 is 9.47 Å². The number of carbonyl (C=O) groups excluding carboxylic acids is 2. The maximum absolute atomic E-state index is 12.1. The van der Waals surface area contributed by atoms with Gasteiger partial charge in [0, 0.05) is 10.9 Å². The van der Waals surface area contributed by atoms with E-state index in [1.807, 2.05) is 30.5 Å². The van der Waals surface area contributed by atoms with Gasteiger partial charge in [0.15, 0.2) is 18.1 Å². The number of amides is 2. The van der Waals surface area contributed by atoms with Crippen molar-refractivity contribution in [1.82, 2.24) is 15.8 Å². The molecule has 2 amide bonds. The number of hydrogen-bond donors (Lipinski definition) is 2. The van der Waals surface area contributed by atoms with Crippen LogP contribution in [-0.4, -0.2) is 30.0 Å². The third kappa shape index (κ3) is 6.55. The molecule has 0 fully saturated rings. The van der Waals surface area contributed by atoms with Crippen molar-refractivity contribution in [2.24, 2.45) is 0 Å². The molecule has 0 bridgehead atoms. The lowest BCUT2D eigenvalue weighted by molar-refractivity contribution is -0.129. The topological polar surface area (TPSA) is 89.5 Å².